The number of methoxy groups -OCH3 is 2. The molecule has 68 valence electrons. The molecule has 2 heteroatoms. The third-order valence-electron chi connectivity index (χ3n) is 4.39. The molecule has 2 nitrogen and oxygen atoms in total. The van der Waals surface area contributed by atoms with E-state index < -0.39 is 0 Å². The van der Waals surface area contributed by atoms with Crippen LogP contribution < -0.4 is 0 Å². The van der Waals surface area contributed by atoms with Crippen LogP contribution in [0, 0.1) is 23.7 Å². The van der Waals surface area contributed by atoms with Crippen LogP contribution in [0.4, 0.5) is 0 Å². The quantitative estimate of drug-likeness (QED) is 0.584. The summed E-state index contributed by atoms with van der Waals surface area (Å²) in [5.41, 5.74) is 0. The van der Waals surface area contributed by atoms with Crippen LogP contribution in [-0.2, 0) is 9.47 Å². The van der Waals surface area contributed by atoms with E-state index in [0.29, 0.717) is 11.8 Å². The van der Waals surface area contributed by atoms with Crippen LogP contribution in [0.15, 0.2) is 0 Å². The van der Waals surface area contributed by atoms with Gasteiger partial charge in [-0.3, -0.25) is 0 Å². The van der Waals surface area contributed by atoms with Gasteiger partial charge in [0, 0.05) is 26.1 Å². The highest BCUT2D eigenvalue weighted by atomic mass is 16.7. The average molecular weight is 168 g/mol. The van der Waals surface area contributed by atoms with Crippen LogP contribution in [0.25, 0.3) is 0 Å². The molecule has 3 fully saturated rings. The smallest absolute Gasteiger partial charge is 0.173 e. The maximum absolute atomic E-state index is 5.61. The average Bonchev–Trinajstić information content (AvgIpc) is 2.79. The van der Waals surface area contributed by atoms with E-state index in [9.17, 15) is 0 Å². The summed E-state index contributed by atoms with van der Waals surface area (Å²) >= 11 is 0. The third kappa shape index (κ3) is 0.579. The van der Waals surface area contributed by atoms with E-state index in [1.807, 2.05) is 0 Å². The molecule has 0 radical (unpaired) electrons. The van der Waals surface area contributed by atoms with Crippen molar-refractivity contribution in [3.05, 3.63) is 0 Å². The third-order valence-corrected chi connectivity index (χ3v) is 4.39. The van der Waals surface area contributed by atoms with Gasteiger partial charge in [-0.1, -0.05) is 0 Å². The Kier molecular flexibility index (Phi) is 1.25. The normalized spacial score (nSPS) is 52.5. The Morgan fingerprint density at radius 3 is 1.83 bits per heavy atom. The predicted octanol–water partition coefficient (Wildman–Crippen LogP) is 1.65. The minimum Gasteiger partial charge on any atom is -0.353 e. The standard InChI is InChI=1S/C10H16O2/c1-11-10(12-2)8-3-4-9(10)7-5-6(7)8/h6-9H,3-5H2,1-2H3. The number of hydrogen-bond donors (Lipinski definition) is 0. The van der Waals surface area contributed by atoms with E-state index in [2.05, 4.69) is 0 Å². The highest BCUT2D eigenvalue weighted by Gasteiger charge is 2.71. The molecule has 3 rings (SSSR count). The monoisotopic (exact) mass is 168 g/mol. The Hall–Kier alpha value is -0.0800. The summed E-state index contributed by atoms with van der Waals surface area (Å²) < 4.78 is 11.2. The molecule has 4 unspecified atom stereocenters. The van der Waals surface area contributed by atoms with Crippen molar-refractivity contribution in [2.24, 2.45) is 23.7 Å². The fraction of sp³-hybridized carbons (Fsp3) is 1.00. The summed E-state index contributed by atoms with van der Waals surface area (Å²) in [5.74, 6) is 3.14. The van der Waals surface area contributed by atoms with Gasteiger partial charge >= 0.3 is 0 Å². The van der Waals surface area contributed by atoms with Crippen molar-refractivity contribution in [2.75, 3.05) is 14.2 Å². The molecule has 0 aliphatic heterocycles. The SMILES string of the molecule is COC1(OC)C2CCC1C1CC12. The largest absolute Gasteiger partial charge is 0.353 e. The molecule has 3 aliphatic carbocycles. The van der Waals surface area contributed by atoms with Crippen LogP contribution in [0.2, 0.25) is 0 Å². The van der Waals surface area contributed by atoms with Crippen molar-refractivity contribution in [2.45, 2.75) is 25.0 Å². The van der Waals surface area contributed by atoms with Crippen LogP contribution in [0.1, 0.15) is 19.3 Å². The first-order chi connectivity index (χ1) is 5.83. The first-order valence-electron chi connectivity index (χ1n) is 4.94. The zero-order valence-electron chi connectivity index (χ0n) is 7.75. The number of ether oxygens (including phenoxy) is 2. The van der Waals surface area contributed by atoms with Crippen LogP contribution in [0.5, 0.6) is 0 Å². The minimum absolute atomic E-state index is 0.173. The van der Waals surface area contributed by atoms with Crippen molar-refractivity contribution >= 4 is 0 Å². The van der Waals surface area contributed by atoms with Crippen LogP contribution >= 0.6 is 0 Å². The number of hydrogen-bond acceptors (Lipinski definition) is 2. The molecule has 4 atom stereocenters. The van der Waals surface area contributed by atoms with Gasteiger partial charge in [-0.15, -0.1) is 0 Å². The molecule has 0 N–H and O–H groups in total. The molecule has 3 saturated carbocycles. The van der Waals surface area contributed by atoms with E-state index >= 15 is 0 Å². The van der Waals surface area contributed by atoms with E-state index in [-0.39, 0.29) is 5.79 Å². The van der Waals surface area contributed by atoms with Crippen molar-refractivity contribution in [3.8, 4) is 0 Å². The van der Waals surface area contributed by atoms with Gasteiger partial charge in [-0.25, -0.2) is 0 Å². The van der Waals surface area contributed by atoms with Gasteiger partial charge in [-0.05, 0) is 31.1 Å². The molecule has 0 saturated heterocycles. The molecule has 2 bridgehead atoms. The van der Waals surface area contributed by atoms with Gasteiger partial charge in [0.15, 0.2) is 5.79 Å². The predicted molar refractivity (Wildman–Crippen MR) is 44.6 cm³/mol. The topological polar surface area (TPSA) is 18.5 Å². The molecular formula is C10H16O2. The summed E-state index contributed by atoms with van der Waals surface area (Å²) in [5, 5.41) is 0. The van der Waals surface area contributed by atoms with Gasteiger partial charge in [0.1, 0.15) is 0 Å². The van der Waals surface area contributed by atoms with Gasteiger partial charge in [0.05, 0.1) is 0 Å². The molecule has 0 spiro atoms. The summed E-state index contributed by atoms with van der Waals surface area (Å²) in [6.07, 6.45) is 4.10. The Balaban J connectivity index is 1.97. The van der Waals surface area contributed by atoms with Gasteiger partial charge < -0.3 is 9.47 Å². The van der Waals surface area contributed by atoms with Gasteiger partial charge in [-0.2, -0.15) is 0 Å². The maximum atomic E-state index is 5.61. The zero-order valence-corrected chi connectivity index (χ0v) is 7.75. The highest BCUT2D eigenvalue weighted by molar-refractivity contribution is 5.16. The molecule has 0 aromatic carbocycles. The lowest BCUT2D eigenvalue weighted by Gasteiger charge is -2.33. The van der Waals surface area contributed by atoms with Crippen molar-refractivity contribution in [3.63, 3.8) is 0 Å². The number of fused-ring (bicyclic) bond motifs is 5. The van der Waals surface area contributed by atoms with E-state index in [4.69, 9.17) is 9.47 Å². The molecule has 3 aliphatic rings. The first kappa shape index (κ1) is 7.34. The number of rotatable bonds is 2. The van der Waals surface area contributed by atoms with E-state index in [1.54, 1.807) is 14.2 Å². The highest BCUT2D eigenvalue weighted by Crippen LogP contribution is 2.70. The lowest BCUT2D eigenvalue weighted by Crippen LogP contribution is -2.41. The Labute approximate surface area is 73.2 Å². The van der Waals surface area contributed by atoms with Gasteiger partial charge in [0.25, 0.3) is 0 Å². The second-order valence-corrected chi connectivity index (χ2v) is 4.48. The fourth-order valence-corrected chi connectivity index (χ4v) is 3.91. The van der Waals surface area contributed by atoms with Crippen molar-refractivity contribution < 1.29 is 9.47 Å². The van der Waals surface area contributed by atoms with E-state index in [0.717, 1.165) is 11.8 Å². The molecule has 12 heavy (non-hydrogen) atoms. The van der Waals surface area contributed by atoms with Crippen molar-refractivity contribution in [1.82, 2.24) is 0 Å². The lowest BCUT2D eigenvalue weighted by molar-refractivity contribution is -0.243. The van der Waals surface area contributed by atoms with Crippen molar-refractivity contribution in [1.29, 1.82) is 0 Å². The second-order valence-electron chi connectivity index (χ2n) is 4.48. The molecular weight excluding hydrogens is 152 g/mol. The minimum atomic E-state index is -0.173. The molecule has 0 aromatic heterocycles. The first-order valence-corrected chi connectivity index (χ1v) is 4.94. The Morgan fingerprint density at radius 2 is 1.50 bits per heavy atom. The zero-order chi connectivity index (χ0) is 8.34. The molecule has 0 heterocycles. The molecule has 0 aromatic rings. The molecule has 0 amide bonds. The van der Waals surface area contributed by atoms with Crippen LogP contribution in [-0.4, -0.2) is 20.0 Å². The summed E-state index contributed by atoms with van der Waals surface area (Å²) in [6, 6.07) is 0. The Bertz CT molecular complexity index is 192. The lowest BCUT2D eigenvalue weighted by atomic mass is 9.99. The Morgan fingerprint density at radius 1 is 1.00 bits per heavy atom. The van der Waals surface area contributed by atoms with E-state index in [1.165, 1.54) is 19.3 Å². The summed E-state index contributed by atoms with van der Waals surface area (Å²) in [7, 11) is 3.61. The fourth-order valence-electron chi connectivity index (χ4n) is 3.91. The van der Waals surface area contributed by atoms with Crippen LogP contribution in [0.3, 0.4) is 0 Å². The second kappa shape index (κ2) is 2.05. The maximum Gasteiger partial charge on any atom is 0.173 e. The summed E-state index contributed by atoms with van der Waals surface area (Å²) in [6.45, 7) is 0. The van der Waals surface area contributed by atoms with Gasteiger partial charge in [0.2, 0.25) is 0 Å². The summed E-state index contributed by atoms with van der Waals surface area (Å²) in [4.78, 5) is 0.